The molecule has 0 aromatic heterocycles. The van der Waals surface area contributed by atoms with E-state index in [1.165, 1.54) is 0 Å². The largest absolute Gasteiger partial charge is 0.501 e. The van der Waals surface area contributed by atoms with Gasteiger partial charge in [0.2, 0.25) is 0 Å². The highest BCUT2D eigenvalue weighted by molar-refractivity contribution is 5.48. The van der Waals surface area contributed by atoms with E-state index in [9.17, 15) is 5.11 Å². The van der Waals surface area contributed by atoms with Gasteiger partial charge in [-0.05, 0) is 30.5 Å². The highest BCUT2D eigenvalue weighted by Gasteiger charge is 2.23. The highest BCUT2D eigenvalue weighted by Crippen LogP contribution is 2.39. The van der Waals surface area contributed by atoms with Crippen LogP contribution in [0.1, 0.15) is 24.5 Å². The molecule has 4 heteroatoms. The van der Waals surface area contributed by atoms with E-state index in [1.807, 2.05) is 18.2 Å². The highest BCUT2D eigenvalue weighted by atomic mass is 16.5. The molecule has 1 aromatic rings. The van der Waals surface area contributed by atoms with E-state index in [2.05, 4.69) is 0 Å². The Hall–Kier alpha value is -1.68. The van der Waals surface area contributed by atoms with Crippen molar-refractivity contribution < 1.29 is 19.3 Å². The van der Waals surface area contributed by atoms with Gasteiger partial charge < -0.3 is 19.3 Å². The van der Waals surface area contributed by atoms with Crippen molar-refractivity contribution in [2.75, 3.05) is 20.8 Å². The molecule has 0 radical (unpaired) electrons. The molecule has 1 unspecified atom stereocenters. The maximum atomic E-state index is 10.5. The number of aliphatic hydroxyl groups excluding tert-OH is 1. The Morgan fingerprint density at radius 2 is 1.89 bits per heavy atom. The summed E-state index contributed by atoms with van der Waals surface area (Å²) in [6.07, 6.45) is 2.62. The van der Waals surface area contributed by atoms with Crippen LogP contribution in [0.2, 0.25) is 0 Å². The summed E-state index contributed by atoms with van der Waals surface area (Å²) in [6, 6.07) is 5.45. The second kappa shape index (κ2) is 5.78. The molecule has 0 saturated heterocycles. The van der Waals surface area contributed by atoms with Crippen molar-refractivity contribution in [3.63, 3.8) is 0 Å². The first kappa shape index (κ1) is 12.8. The van der Waals surface area contributed by atoms with E-state index in [0.717, 1.165) is 18.4 Å². The van der Waals surface area contributed by atoms with Gasteiger partial charge in [-0.3, -0.25) is 0 Å². The summed E-state index contributed by atoms with van der Waals surface area (Å²) in [5.41, 5.74) is 1.50. The summed E-state index contributed by atoms with van der Waals surface area (Å²) in [7, 11) is 3.16. The number of aliphatic hydroxyl groups is 1. The Morgan fingerprint density at radius 1 is 1.22 bits per heavy atom. The molecule has 1 aliphatic rings. The quantitative estimate of drug-likeness (QED) is 0.891. The Morgan fingerprint density at radius 3 is 2.39 bits per heavy atom. The molecule has 18 heavy (non-hydrogen) atoms. The predicted molar refractivity (Wildman–Crippen MR) is 67.8 cm³/mol. The van der Waals surface area contributed by atoms with Crippen LogP contribution in [0.5, 0.6) is 11.5 Å². The van der Waals surface area contributed by atoms with Gasteiger partial charge in [0.05, 0.1) is 32.7 Å². The maximum Gasteiger partial charge on any atom is 0.128 e. The molecular weight excluding hydrogens is 232 g/mol. The molecule has 0 bridgehead atoms. The molecule has 1 aromatic carbocycles. The van der Waals surface area contributed by atoms with E-state index >= 15 is 0 Å². The van der Waals surface area contributed by atoms with E-state index in [-0.39, 0.29) is 0 Å². The van der Waals surface area contributed by atoms with Crippen LogP contribution in [0.25, 0.3) is 0 Å². The van der Waals surface area contributed by atoms with Crippen molar-refractivity contribution >= 4 is 0 Å². The summed E-state index contributed by atoms with van der Waals surface area (Å²) in [5, 5.41) is 10.5. The van der Waals surface area contributed by atoms with Gasteiger partial charge >= 0.3 is 0 Å². The van der Waals surface area contributed by atoms with Gasteiger partial charge in [-0.25, -0.2) is 0 Å². The van der Waals surface area contributed by atoms with Gasteiger partial charge in [-0.1, -0.05) is 6.07 Å². The van der Waals surface area contributed by atoms with Crippen LogP contribution in [0, 0.1) is 0 Å². The first-order valence-electron chi connectivity index (χ1n) is 5.97. The molecule has 1 aliphatic heterocycles. The molecule has 0 saturated carbocycles. The van der Waals surface area contributed by atoms with Crippen LogP contribution < -0.4 is 9.47 Å². The number of rotatable bonds is 4. The van der Waals surface area contributed by atoms with Gasteiger partial charge in [0.1, 0.15) is 17.6 Å². The molecule has 1 heterocycles. The summed E-state index contributed by atoms with van der Waals surface area (Å²) in [6.45, 7) is 0.708. The SMILES string of the molecule is COc1cccc(OC)c1C(O)C1=COCCC1. The summed E-state index contributed by atoms with van der Waals surface area (Å²) in [5.74, 6) is 1.24. The maximum absolute atomic E-state index is 10.5. The van der Waals surface area contributed by atoms with E-state index in [4.69, 9.17) is 14.2 Å². The zero-order chi connectivity index (χ0) is 13.0. The molecule has 98 valence electrons. The fourth-order valence-corrected chi connectivity index (χ4v) is 2.12. The normalized spacial score (nSPS) is 16.5. The van der Waals surface area contributed by atoms with E-state index in [1.54, 1.807) is 20.5 Å². The number of hydrogen-bond donors (Lipinski definition) is 1. The van der Waals surface area contributed by atoms with Crippen molar-refractivity contribution in [1.82, 2.24) is 0 Å². The predicted octanol–water partition coefficient (Wildman–Crippen LogP) is 2.43. The van der Waals surface area contributed by atoms with Gasteiger partial charge in [0, 0.05) is 0 Å². The standard InChI is InChI=1S/C14H18O4/c1-16-11-6-3-7-12(17-2)13(11)14(15)10-5-4-8-18-9-10/h3,6-7,9,14-15H,4-5,8H2,1-2H3. The van der Waals surface area contributed by atoms with Crippen LogP contribution in [0.15, 0.2) is 30.0 Å². The molecule has 1 N–H and O–H groups in total. The topological polar surface area (TPSA) is 47.9 Å². The van der Waals surface area contributed by atoms with Crippen molar-refractivity contribution in [2.45, 2.75) is 18.9 Å². The number of hydrogen-bond acceptors (Lipinski definition) is 4. The Kier molecular flexibility index (Phi) is 4.10. The number of benzene rings is 1. The summed E-state index contributed by atoms with van der Waals surface area (Å²) < 4.78 is 15.9. The fraction of sp³-hybridized carbons (Fsp3) is 0.429. The number of methoxy groups -OCH3 is 2. The average molecular weight is 250 g/mol. The van der Waals surface area contributed by atoms with E-state index < -0.39 is 6.10 Å². The molecule has 4 nitrogen and oxygen atoms in total. The lowest BCUT2D eigenvalue weighted by Crippen LogP contribution is -2.10. The minimum atomic E-state index is -0.753. The fourth-order valence-electron chi connectivity index (χ4n) is 2.12. The number of ether oxygens (including phenoxy) is 3. The average Bonchev–Trinajstić information content (AvgIpc) is 2.46. The lowest BCUT2D eigenvalue weighted by molar-refractivity contribution is 0.165. The van der Waals surface area contributed by atoms with Crippen molar-refractivity contribution in [2.24, 2.45) is 0 Å². The zero-order valence-corrected chi connectivity index (χ0v) is 10.7. The Labute approximate surface area is 107 Å². The third kappa shape index (κ3) is 2.43. The lowest BCUT2D eigenvalue weighted by Gasteiger charge is -2.22. The Balaban J connectivity index is 2.38. The molecular formula is C14H18O4. The molecule has 0 spiro atoms. The zero-order valence-electron chi connectivity index (χ0n) is 10.7. The molecule has 2 rings (SSSR count). The summed E-state index contributed by atoms with van der Waals surface area (Å²) >= 11 is 0. The molecule has 0 aliphatic carbocycles. The minimum Gasteiger partial charge on any atom is -0.501 e. The van der Waals surface area contributed by atoms with Crippen LogP contribution in [-0.4, -0.2) is 25.9 Å². The van der Waals surface area contributed by atoms with Crippen LogP contribution >= 0.6 is 0 Å². The van der Waals surface area contributed by atoms with Crippen molar-refractivity contribution in [3.8, 4) is 11.5 Å². The monoisotopic (exact) mass is 250 g/mol. The molecule has 0 fully saturated rings. The van der Waals surface area contributed by atoms with Gasteiger partial charge in [-0.15, -0.1) is 0 Å². The van der Waals surface area contributed by atoms with Crippen LogP contribution in [0.3, 0.4) is 0 Å². The van der Waals surface area contributed by atoms with Gasteiger partial charge in [0.25, 0.3) is 0 Å². The second-order valence-electron chi connectivity index (χ2n) is 4.15. The molecule has 1 atom stereocenters. The van der Waals surface area contributed by atoms with Crippen LogP contribution in [0.4, 0.5) is 0 Å². The molecule has 0 amide bonds. The van der Waals surface area contributed by atoms with Gasteiger partial charge in [0.15, 0.2) is 0 Å². The Bertz CT molecular complexity index is 417. The van der Waals surface area contributed by atoms with Crippen molar-refractivity contribution in [1.29, 1.82) is 0 Å². The minimum absolute atomic E-state index is 0.619. The first-order chi connectivity index (χ1) is 8.77. The van der Waals surface area contributed by atoms with Crippen molar-refractivity contribution in [3.05, 3.63) is 35.6 Å². The van der Waals surface area contributed by atoms with Gasteiger partial charge in [-0.2, -0.15) is 0 Å². The lowest BCUT2D eigenvalue weighted by atomic mass is 9.96. The second-order valence-corrected chi connectivity index (χ2v) is 4.15. The third-order valence-electron chi connectivity index (χ3n) is 3.05. The van der Waals surface area contributed by atoms with Crippen LogP contribution in [-0.2, 0) is 4.74 Å². The summed E-state index contributed by atoms with van der Waals surface area (Å²) in [4.78, 5) is 0. The smallest absolute Gasteiger partial charge is 0.128 e. The van der Waals surface area contributed by atoms with E-state index in [0.29, 0.717) is 23.7 Å². The first-order valence-corrected chi connectivity index (χ1v) is 5.97. The third-order valence-corrected chi connectivity index (χ3v) is 3.05.